The third kappa shape index (κ3) is 7.56. The first-order chi connectivity index (χ1) is 10.2. The average Bonchev–Trinajstić information content (AvgIpc) is 2.48. The largest absolute Gasteiger partial charge is 0.394 e. The summed E-state index contributed by atoms with van der Waals surface area (Å²) in [5.41, 5.74) is 0. The van der Waals surface area contributed by atoms with E-state index in [9.17, 15) is 10.2 Å². The molecule has 1 heterocycles. The molecule has 1 aliphatic rings. The molecule has 5 nitrogen and oxygen atoms in total. The van der Waals surface area contributed by atoms with Crippen molar-refractivity contribution in [2.45, 2.75) is 89.3 Å². The maximum atomic E-state index is 9.67. The van der Waals surface area contributed by atoms with Crippen LogP contribution in [0.4, 0.5) is 0 Å². The monoisotopic (exact) mass is 304 g/mol. The number of hydrogen-bond donors (Lipinski definition) is 3. The van der Waals surface area contributed by atoms with Gasteiger partial charge in [-0.15, -0.1) is 0 Å². The van der Waals surface area contributed by atoms with Crippen LogP contribution in [0.15, 0.2) is 0 Å². The van der Waals surface area contributed by atoms with E-state index in [4.69, 9.17) is 14.6 Å². The molecule has 0 aliphatic carbocycles. The Hall–Kier alpha value is -0.200. The van der Waals surface area contributed by atoms with E-state index in [0.29, 0.717) is 6.61 Å². The number of ether oxygens (including phenoxy) is 2. The Balaban J connectivity index is 2.00. The third-order valence-corrected chi connectivity index (χ3v) is 4.02. The van der Waals surface area contributed by atoms with Crippen LogP contribution in [-0.2, 0) is 9.47 Å². The highest BCUT2D eigenvalue weighted by Crippen LogP contribution is 2.21. The SMILES string of the molecule is CCCCCCCCCCOC1CC(O)C(O)C(CO)O1. The second-order valence-corrected chi connectivity index (χ2v) is 5.93. The van der Waals surface area contributed by atoms with Gasteiger partial charge in [0, 0.05) is 13.0 Å². The molecule has 4 atom stereocenters. The number of rotatable bonds is 11. The Morgan fingerprint density at radius 1 is 1.00 bits per heavy atom. The third-order valence-electron chi connectivity index (χ3n) is 4.02. The lowest BCUT2D eigenvalue weighted by Gasteiger charge is -2.36. The molecule has 5 heteroatoms. The molecule has 0 aromatic carbocycles. The van der Waals surface area contributed by atoms with E-state index in [1.807, 2.05) is 0 Å². The molecule has 3 N–H and O–H groups in total. The van der Waals surface area contributed by atoms with Crippen LogP contribution in [0.5, 0.6) is 0 Å². The van der Waals surface area contributed by atoms with Crippen molar-refractivity contribution in [1.29, 1.82) is 0 Å². The summed E-state index contributed by atoms with van der Waals surface area (Å²) in [6.45, 7) is 2.51. The summed E-state index contributed by atoms with van der Waals surface area (Å²) in [5.74, 6) is 0. The van der Waals surface area contributed by atoms with E-state index in [1.54, 1.807) is 0 Å². The fraction of sp³-hybridized carbons (Fsp3) is 1.00. The first-order valence-corrected chi connectivity index (χ1v) is 8.43. The van der Waals surface area contributed by atoms with Gasteiger partial charge in [-0.05, 0) is 6.42 Å². The summed E-state index contributed by atoms with van der Waals surface area (Å²) in [7, 11) is 0. The van der Waals surface area contributed by atoms with Crippen LogP contribution in [0.2, 0.25) is 0 Å². The highest BCUT2D eigenvalue weighted by molar-refractivity contribution is 4.82. The maximum absolute atomic E-state index is 9.67. The van der Waals surface area contributed by atoms with Gasteiger partial charge in [-0.25, -0.2) is 0 Å². The summed E-state index contributed by atoms with van der Waals surface area (Å²) in [6, 6.07) is 0. The summed E-state index contributed by atoms with van der Waals surface area (Å²) < 4.78 is 11.0. The van der Waals surface area contributed by atoms with Gasteiger partial charge in [0.2, 0.25) is 0 Å². The van der Waals surface area contributed by atoms with Crippen LogP contribution in [0, 0.1) is 0 Å². The molecule has 0 spiro atoms. The Labute approximate surface area is 128 Å². The molecule has 4 unspecified atom stereocenters. The van der Waals surface area contributed by atoms with Crippen molar-refractivity contribution < 1.29 is 24.8 Å². The van der Waals surface area contributed by atoms with Gasteiger partial charge in [-0.3, -0.25) is 0 Å². The first kappa shape index (κ1) is 18.8. The number of unbranched alkanes of at least 4 members (excludes halogenated alkanes) is 7. The molecule has 0 aromatic heterocycles. The quantitative estimate of drug-likeness (QED) is 0.509. The molecular formula is C16H32O5. The second-order valence-electron chi connectivity index (χ2n) is 5.93. The van der Waals surface area contributed by atoms with E-state index in [1.165, 1.54) is 38.5 Å². The van der Waals surface area contributed by atoms with Crippen molar-refractivity contribution in [3.63, 3.8) is 0 Å². The molecule has 21 heavy (non-hydrogen) atoms. The summed E-state index contributed by atoms with van der Waals surface area (Å²) in [5, 5.41) is 28.3. The molecule has 0 saturated carbocycles. The average molecular weight is 304 g/mol. The number of aliphatic hydroxyl groups excluding tert-OH is 3. The zero-order chi connectivity index (χ0) is 15.5. The predicted octanol–water partition coefficient (Wildman–Crippen LogP) is 1.97. The van der Waals surface area contributed by atoms with Crippen molar-refractivity contribution in [2.75, 3.05) is 13.2 Å². The minimum atomic E-state index is -1.03. The fourth-order valence-electron chi connectivity index (χ4n) is 2.62. The predicted molar refractivity (Wildman–Crippen MR) is 80.9 cm³/mol. The molecule has 1 aliphatic heterocycles. The van der Waals surface area contributed by atoms with Gasteiger partial charge in [-0.1, -0.05) is 51.9 Å². The molecular weight excluding hydrogens is 272 g/mol. The van der Waals surface area contributed by atoms with Gasteiger partial charge in [0.25, 0.3) is 0 Å². The van der Waals surface area contributed by atoms with E-state index in [0.717, 1.165) is 12.8 Å². The lowest BCUT2D eigenvalue weighted by Crippen LogP contribution is -2.50. The zero-order valence-corrected chi connectivity index (χ0v) is 13.2. The maximum Gasteiger partial charge on any atom is 0.160 e. The molecule has 0 aromatic rings. The summed E-state index contributed by atoms with van der Waals surface area (Å²) in [4.78, 5) is 0. The van der Waals surface area contributed by atoms with Crippen LogP contribution in [0.3, 0.4) is 0 Å². The van der Waals surface area contributed by atoms with Gasteiger partial charge in [0.05, 0.1) is 12.7 Å². The molecule has 1 fully saturated rings. The van der Waals surface area contributed by atoms with Crippen molar-refractivity contribution in [3.05, 3.63) is 0 Å². The second kappa shape index (κ2) is 11.4. The Morgan fingerprint density at radius 2 is 1.62 bits per heavy atom. The Kier molecular flexibility index (Phi) is 10.2. The highest BCUT2D eigenvalue weighted by atomic mass is 16.7. The van der Waals surface area contributed by atoms with Gasteiger partial charge in [0.1, 0.15) is 12.2 Å². The molecule has 0 amide bonds. The standard InChI is InChI=1S/C16H32O5/c1-2-3-4-5-6-7-8-9-10-20-15-11-13(18)16(19)14(12-17)21-15/h13-19H,2-12H2,1H3. The fourth-order valence-corrected chi connectivity index (χ4v) is 2.62. The van der Waals surface area contributed by atoms with Gasteiger partial charge in [0.15, 0.2) is 6.29 Å². The van der Waals surface area contributed by atoms with E-state index < -0.39 is 24.6 Å². The van der Waals surface area contributed by atoms with Crippen LogP contribution in [0.1, 0.15) is 64.7 Å². The Morgan fingerprint density at radius 3 is 2.24 bits per heavy atom. The van der Waals surface area contributed by atoms with Crippen molar-refractivity contribution in [3.8, 4) is 0 Å². The van der Waals surface area contributed by atoms with E-state index in [2.05, 4.69) is 6.92 Å². The normalized spacial score (nSPS) is 29.7. The van der Waals surface area contributed by atoms with E-state index in [-0.39, 0.29) is 13.0 Å². The van der Waals surface area contributed by atoms with Crippen LogP contribution in [0.25, 0.3) is 0 Å². The number of aliphatic hydroxyl groups is 3. The summed E-state index contributed by atoms with van der Waals surface area (Å²) >= 11 is 0. The highest BCUT2D eigenvalue weighted by Gasteiger charge is 2.36. The number of hydrogen-bond acceptors (Lipinski definition) is 5. The van der Waals surface area contributed by atoms with Crippen molar-refractivity contribution in [1.82, 2.24) is 0 Å². The zero-order valence-electron chi connectivity index (χ0n) is 13.2. The van der Waals surface area contributed by atoms with E-state index >= 15 is 0 Å². The topological polar surface area (TPSA) is 79.2 Å². The molecule has 1 rings (SSSR count). The Bertz CT molecular complexity index is 249. The van der Waals surface area contributed by atoms with Crippen molar-refractivity contribution in [2.24, 2.45) is 0 Å². The van der Waals surface area contributed by atoms with Crippen LogP contribution >= 0.6 is 0 Å². The van der Waals surface area contributed by atoms with Gasteiger partial charge in [-0.2, -0.15) is 0 Å². The minimum Gasteiger partial charge on any atom is -0.394 e. The summed E-state index contributed by atoms with van der Waals surface area (Å²) in [6.07, 6.45) is 7.00. The molecule has 126 valence electrons. The van der Waals surface area contributed by atoms with Gasteiger partial charge >= 0.3 is 0 Å². The van der Waals surface area contributed by atoms with Crippen LogP contribution in [-0.4, -0.2) is 53.1 Å². The lowest BCUT2D eigenvalue weighted by molar-refractivity contribution is -0.256. The molecule has 0 bridgehead atoms. The van der Waals surface area contributed by atoms with Crippen LogP contribution < -0.4 is 0 Å². The minimum absolute atomic E-state index is 0.259. The molecule has 0 radical (unpaired) electrons. The van der Waals surface area contributed by atoms with Gasteiger partial charge < -0.3 is 24.8 Å². The van der Waals surface area contributed by atoms with Crippen molar-refractivity contribution >= 4 is 0 Å². The lowest BCUT2D eigenvalue weighted by atomic mass is 10.0. The first-order valence-electron chi connectivity index (χ1n) is 8.43. The molecule has 1 saturated heterocycles. The smallest absolute Gasteiger partial charge is 0.160 e.